The lowest BCUT2D eigenvalue weighted by atomic mass is 10.3. The van der Waals surface area contributed by atoms with Gasteiger partial charge in [0, 0.05) is 17.2 Å². The minimum Gasteiger partial charge on any atom is -0.416 e. The second kappa shape index (κ2) is 5.07. The van der Waals surface area contributed by atoms with E-state index in [1.54, 1.807) is 18.3 Å². The Hall–Kier alpha value is -1.18. The molecule has 0 N–H and O–H groups in total. The Bertz CT molecular complexity index is 739. The molecule has 0 unspecified atom stereocenters. The van der Waals surface area contributed by atoms with Crippen molar-refractivity contribution in [2.75, 3.05) is 0 Å². The second-order valence-corrected chi connectivity index (χ2v) is 6.17. The highest BCUT2D eigenvalue weighted by atomic mass is 35.5. The molecule has 5 nitrogen and oxygen atoms in total. The summed E-state index contributed by atoms with van der Waals surface area (Å²) in [7, 11) is 0. The van der Waals surface area contributed by atoms with Crippen LogP contribution in [0.3, 0.4) is 0 Å². The quantitative estimate of drug-likeness (QED) is 0.542. The number of aryl methyl sites for hydroxylation is 2. The highest BCUT2D eigenvalue weighted by Gasteiger charge is 2.14. The molecule has 0 fully saturated rings. The third-order valence-electron chi connectivity index (χ3n) is 2.42. The fourth-order valence-corrected chi connectivity index (χ4v) is 3.68. The number of thiophene rings is 1. The van der Waals surface area contributed by atoms with Gasteiger partial charge in [0.2, 0.25) is 11.2 Å². The van der Waals surface area contributed by atoms with Crippen LogP contribution < -0.4 is 0 Å². The molecule has 0 spiro atoms. The van der Waals surface area contributed by atoms with Gasteiger partial charge in [-0.25, -0.2) is 9.97 Å². The molecule has 8 heteroatoms. The molecule has 3 rings (SSSR count). The summed E-state index contributed by atoms with van der Waals surface area (Å²) >= 11 is 8.88. The maximum Gasteiger partial charge on any atom is 0.282 e. The number of halogens is 1. The number of fused-ring (bicyclic) bond motifs is 1. The molecule has 0 aliphatic carbocycles. The zero-order valence-corrected chi connectivity index (χ0v) is 12.6. The van der Waals surface area contributed by atoms with Crippen molar-refractivity contribution in [2.45, 2.75) is 30.5 Å². The summed E-state index contributed by atoms with van der Waals surface area (Å²) in [6, 6.07) is 2.09. The van der Waals surface area contributed by atoms with E-state index in [-0.39, 0.29) is 5.28 Å². The summed E-state index contributed by atoms with van der Waals surface area (Å²) in [5.74, 6) is 0.526. The predicted octanol–water partition coefficient (Wildman–Crippen LogP) is 3.75. The van der Waals surface area contributed by atoms with Crippen LogP contribution >= 0.6 is 34.7 Å². The second-order valence-electron chi connectivity index (χ2n) is 3.77. The van der Waals surface area contributed by atoms with E-state index in [2.05, 4.69) is 33.2 Å². The fraction of sp³-hybridized carbons (Fsp3) is 0.273. The van der Waals surface area contributed by atoms with Gasteiger partial charge in [0.05, 0.1) is 0 Å². The van der Waals surface area contributed by atoms with E-state index >= 15 is 0 Å². The molecule has 0 aliphatic rings. The minimum absolute atomic E-state index is 0.232. The van der Waals surface area contributed by atoms with Gasteiger partial charge in [0.25, 0.3) is 5.22 Å². The van der Waals surface area contributed by atoms with Crippen LogP contribution in [0.15, 0.2) is 20.7 Å². The maximum absolute atomic E-state index is 5.95. The van der Waals surface area contributed by atoms with Gasteiger partial charge in [-0.3, -0.25) is 0 Å². The third kappa shape index (κ3) is 2.58. The van der Waals surface area contributed by atoms with E-state index in [1.807, 2.05) is 0 Å². The molecular formula is C11H9ClN4OS2. The first-order chi connectivity index (χ1) is 9.15. The van der Waals surface area contributed by atoms with Crippen molar-refractivity contribution < 1.29 is 4.42 Å². The van der Waals surface area contributed by atoms with Crippen molar-refractivity contribution in [3.05, 3.63) is 22.1 Å². The summed E-state index contributed by atoms with van der Waals surface area (Å²) in [6.07, 6.45) is 0.961. The highest BCUT2D eigenvalue weighted by Crippen LogP contribution is 2.35. The predicted molar refractivity (Wildman–Crippen MR) is 75.0 cm³/mol. The normalized spacial score (nSPS) is 11.3. The summed E-state index contributed by atoms with van der Waals surface area (Å²) in [4.78, 5) is 10.6. The Morgan fingerprint density at radius 3 is 2.89 bits per heavy atom. The van der Waals surface area contributed by atoms with Gasteiger partial charge in [0.15, 0.2) is 0 Å². The standard InChI is InChI=1S/C11H9ClN4OS2/c1-3-6-4-7-8(18-6)13-10(12)14-9(7)19-11-16-15-5(2)17-11/h4H,3H2,1-2H3. The number of aromatic nitrogens is 4. The molecule has 98 valence electrons. The molecular weight excluding hydrogens is 304 g/mol. The topological polar surface area (TPSA) is 64.7 Å². The van der Waals surface area contributed by atoms with Gasteiger partial charge < -0.3 is 4.42 Å². The molecule has 0 saturated heterocycles. The van der Waals surface area contributed by atoms with Crippen LogP contribution in [-0.4, -0.2) is 20.2 Å². The Kier molecular flexibility index (Phi) is 3.42. The molecule has 0 atom stereocenters. The van der Waals surface area contributed by atoms with Crippen LogP contribution in [0.25, 0.3) is 10.2 Å². The summed E-state index contributed by atoms with van der Waals surface area (Å²) in [5, 5.41) is 10.2. The van der Waals surface area contributed by atoms with Crippen molar-refractivity contribution in [1.82, 2.24) is 20.2 Å². The summed E-state index contributed by atoms with van der Waals surface area (Å²) < 4.78 is 5.35. The zero-order valence-electron chi connectivity index (χ0n) is 10.2. The number of nitrogens with zero attached hydrogens (tertiary/aromatic N) is 4. The lowest BCUT2D eigenvalue weighted by Gasteiger charge is -1.98. The van der Waals surface area contributed by atoms with Crippen LogP contribution in [-0.2, 0) is 6.42 Å². The molecule has 3 aromatic rings. The Morgan fingerprint density at radius 2 is 2.21 bits per heavy atom. The van der Waals surface area contributed by atoms with Gasteiger partial charge in [-0.05, 0) is 35.9 Å². The van der Waals surface area contributed by atoms with E-state index in [0.717, 1.165) is 21.7 Å². The van der Waals surface area contributed by atoms with Gasteiger partial charge in [-0.2, -0.15) is 0 Å². The molecule has 0 amide bonds. The SMILES string of the molecule is CCc1cc2c(Sc3nnc(C)o3)nc(Cl)nc2s1. The fourth-order valence-electron chi connectivity index (χ4n) is 1.57. The van der Waals surface area contributed by atoms with Crippen LogP contribution in [0.4, 0.5) is 0 Å². The van der Waals surface area contributed by atoms with E-state index in [1.165, 1.54) is 16.6 Å². The number of hydrogen-bond donors (Lipinski definition) is 0. The van der Waals surface area contributed by atoms with E-state index < -0.39 is 0 Å². The van der Waals surface area contributed by atoms with Gasteiger partial charge in [0.1, 0.15) is 9.86 Å². The average Bonchev–Trinajstić information content (AvgIpc) is 2.95. The van der Waals surface area contributed by atoms with Crippen molar-refractivity contribution in [2.24, 2.45) is 0 Å². The van der Waals surface area contributed by atoms with Gasteiger partial charge in [-0.1, -0.05) is 6.92 Å². The molecule has 0 aromatic carbocycles. The summed E-state index contributed by atoms with van der Waals surface area (Å²) in [5.41, 5.74) is 0. The summed E-state index contributed by atoms with van der Waals surface area (Å²) in [6.45, 7) is 3.85. The van der Waals surface area contributed by atoms with E-state index in [4.69, 9.17) is 16.0 Å². The molecule has 0 radical (unpaired) electrons. The zero-order chi connectivity index (χ0) is 13.4. The lowest BCUT2D eigenvalue weighted by Crippen LogP contribution is -1.86. The first-order valence-corrected chi connectivity index (χ1v) is 7.60. The van der Waals surface area contributed by atoms with Crippen molar-refractivity contribution in [3.8, 4) is 0 Å². The minimum atomic E-state index is 0.232. The lowest BCUT2D eigenvalue weighted by molar-refractivity contribution is 0.429. The smallest absolute Gasteiger partial charge is 0.282 e. The average molecular weight is 313 g/mol. The largest absolute Gasteiger partial charge is 0.416 e. The first kappa shape index (κ1) is 12.8. The monoisotopic (exact) mass is 312 g/mol. The molecule has 3 aromatic heterocycles. The Labute approximate surface area is 122 Å². The molecule has 0 aliphatic heterocycles. The van der Waals surface area contributed by atoms with Crippen LogP contribution in [0.1, 0.15) is 17.7 Å². The van der Waals surface area contributed by atoms with E-state index in [0.29, 0.717) is 11.1 Å². The van der Waals surface area contributed by atoms with Crippen molar-refractivity contribution in [1.29, 1.82) is 0 Å². The van der Waals surface area contributed by atoms with Crippen LogP contribution in [0.2, 0.25) is 5.28 Å². The maximum atomic E-state index is 5.95. The number of hydrogen-bond acceptors (Lipinski definition) is 7. The first-order valence-electron chi connectivity index (χ1n) is 5.59. The van der Waals surface area contributed by atoms with Crippen molar-refractivity contribution in [3.63, 3.8) is 0 Å². The molecule has 3 heterocycles. The Balaban J connectivity index is 2.08. The van der Waals surface area contributed by atoms with Gasteiger partial charge >= 0.3 is 0 Å². The molecule has 19 heavy (non-hydrogen) atoms. The molecule has 0 bridgehead atoms. The third-order valence-corrected chi connectivity index (χ3v) is 4.61. The highest BCUT2D eigenvalue weighted by molar-refractivity contribution is 7.99. The van der Waals surface area contributed by atoms with Crippen molar-refractivity contribution >= 4 is 44.9 Å². The number of rotatable bonds is 3. The van der Waals surface area contributed by atoms with Crippen LogP contribution in [0.5, 0.6) is 0 Å². The molecule has 0 saturated carbocycles. The van der Waals surface area contributed by atoms with Gasteiger partial charge in [-0.15, -0.1) is 21.5 Å². The Morgan fingerprint density at radius 1 is 1.37 bits per heavy atom. The van der Waals surface area contributed by atoms with E-state index in [9.17, 15) is 0 Å². The van der Waals surface area contributed by atoms with Crippen LogP contribution in [0, 0.1) is 6.92 Å².